The van der Waals surface area contributed by atoms with Gasteiger partial charge in [-0.1, -0.05) is 36.2 Å². The predicted molar refractivity (Wildman–Crippen MR) is 55.4 cm³/mol. The lowest BCUT2D eigenvalue weighted by atomic mass is 10.00. The highest BCUT2D eigenvalue weighted by Gasteiger charge is 2.17. The first-order valence-electron chi connectivity index (χ1n) is 4.62. The standard InChI is InChI=1S/C11H14P/c1-9-5-7-11(8-6-9)12-10-3-2-4-10/h5-8,10H,2-4H2,1H3. The Hall–Kier alpha value is -0.350. The van der Waals surface area contributed by atoms with Crippen molar-refractivity contribution < 1.29 is 0 Å². The van der Waals surface area contributed by atoms with Crippen molar-refractivity contribution in [3.05, 3.63) is 29.8 Å². The number of aryl methyl sites for hydroxylation is 1. The van der Waals surface area contributed by atoms with Gasteiger partial charge in [0.05, 0.1) is 0 Å². The van der Waals surface area contributed by atoms with Gasteiger partial charge < -0.3 is 0 Å². The summed E-state index contributed by atoms with van der Waals surface area (Å²) < 4.78 is 0. The Morgan fingerprint density at radius 1 is 1.17 bits per heavy atom. The van der Waals surface area contributed by atoms with Crippen LogP contribution in [0, 0.1) is 6.92 Å². The predicted octanol–water partition coefficient (Wildman–Crippen LogP) is 3.12. The molecule has 1 aliphatic carbocycles. The second kappa shape index (κ2) is 3.58. The summed E-state index contributed by atoms with van der Waals surface area (Å²) in [6.07, 6.45) is 4.33. The van der Waals surface area contributed by atoms with E-state index >= 15 is 0 Å². The number of rotatable bonds is 2. The lowest BCUT2D eigenvalue weighted by Crippen LogP contribution is -2.14. The first-order valence-corrected chi connectivity index (χ1v) is 5.58. The highest BCUT2D eigenvalue weighted by molar-refractivity contribution is 7.48. The molecular formula is C11H14P. The zero-order chi connectivity index (χ0) is 8.39. The highest BCUT2D eigenvalue weighted by atomic mass is 31.1. The molecule has 0 saturated heterocycles. The Morgan fingerprint density at radius 3 is 2.33 bits per heavy atom. The monoisotopic (exact) mass is 177 g/mol. The zero-order valence-corrected chi connectivity index (χ0v) is 8.35. The van der Waals surface area contributed by atoms with Crippen molar-refractivity contribution in [2.45, 2.75) is 31.8 Å². The van der Waals surface area contributed by atoms with Gasteiger partial charge in [-0.3, -0.25) is 0 Å². The van der Waals surface area contributed by atoms with Crippen LogP contribution in [-0.2, 0) is 0 Å². The molecule has 0 N–H and O–H groups in total. The molecule has 0 aliphatic heterocycles. The fourth-order valence-electron chi connectivity index (χ4n) is 1.36. The SMILES string of the molecule is Cc1ccc([P]C2CCC2)cc1. The largest absolute Gasteiger partial charge is 0.0587 e. The first kappa shape index (κ1) is 8.26. The third-order valence-corrected chi connectivity index (χ3v) is 3.92. The van der Waals surface area contributed by atoms with Gasteiger partial charge in [-0.25, -0.2) is 0 Å². The second-order valence-electron chi connectivity index (χ2n) is 3.55. The molecule has 1 saturated carbocycles. The van der Waals surface area contributed by atoms with E-state index in [0.717, 1.165) is 5.66 Å². The van der Waals surface area contributed by atoms with Crippen LogP contribution in [0.5, 0.6) is 0 Å². The molecule has 0 atom stereocenters. The molecule has 0 aromatic heterocycles. The summed E-state index contributed by atoms with van der Waals surface area (Å²) >= 11 is 0. The Balaban J connectivity index is 1.98. The van der Waals surface area contributed by atoms with Gasteiger partial charge in [0, 0.05) is 0 Å². The van der Waals surface area contributed by atoms with E-state index in [2.05, 4.69) is 31.2 Å². The Morgan fingerprint density at radius 2 is 1.83 bits per heavy atom. The number of benzene rings is 1. The summed E-state index contributed by atoms with van der Waals surface area (Å²) in [5, 5.41) is 1.49. The summed E-state index contributed by atoms with van der Waals surface area (Å²) in [5.41, 5.74) is 2.33. The van der Waals surface area contributed by atoms with Gasteiger partial charge in [0.2, 0.25) is 0 Å². The van der Waals surface area contributed by atoms with E-state index in [4.69, 9.17) is 0 Å². The molecule has 1 aromatic rings. The Labute approximate surface area is 76.2 Å². The van der Waals surface area contributed by atoms with Crippen LogP contribution in [0.2, 0.25) is 0 Å². The lowest BCUT2D eigenvalue weighted by molar-refractivity contribution is 0.520. The van der Waals surface area contributed by atoms with Crippen LogP contribution in [0.25, 0.3) is 0 Å². The second-order valence-corrected chi connectivity index (χ2v) is 5.05. The van der Waals surface area contributed by atoms with Crippen molar-refractivity contribution in [2.24, 2.45) is 0 Å². The average molecular weight is 177 g/mol. The lowest BCUT2D eigenvalue weighted by Gasteiger charge is -2.24. The summed E-state index contributed by atoms with van der Waals surface area (Å²) in [6.45, 7) is 2.14. The zero-order valence-electron chi connectivity index (χ0n) is 7.46. The van der Waals surface area contributed by atoms with Gasteiger partial charge in [0.25, 0.3) is 0 Å². The maximum atomic E-state index is 2.26. The van der Waals surface area contributed by atoms with Crippen molar-refractivity contribution in [1.82, 2.24) is 0 Å². The quantitative estimate of drug-likeness (QED) is 0.609. The van der Waals surface area contributed by atoms with Crippen molar-refractivity contribution in [2.75, 3.05) is 0 Å². The molecule has 0 spiro atoms. The van der Waals surface area contributed by atoms with Crippen LogP contribution in [0.3, 0.4) is 0 Å². The van der Waals surface area contributed by atoms with E-state index in [1.54, 1.807) is 8.58 Å². The smallest absolute Gasteiger partial charge is 0.0127 e. The number of hydrogen-bond acceptors (Lipinski definition) is 0. The van der Waals surface area contributed by atoms with E-state index < -0.39 is 0 Å². The highest BCUT2D eigenvalue weighted by Crippen LogP contribution is 2.35. The third-order valence-electron chi connectivity index (χ3n) is 2.44. The van der Waals surface area contributed by atoms with Gasteiger partial charge in [-0.15, -0.1) is 0 Å². The summed E-state index contributed by atoms with van der Waals surface area (Å²) in [7, 11) is 1.55. The summed E-state index contributed by atoms with van der Waals surface area (Å²) in [5.74, 6) is 0. The van der Waals surface area contributed by atoms with E-state index in [1.165, 1.54) is 30.1 Å². The molecule has 0 heterocycles. The fourth-order valence-corrected chi connectivity index (χ4v) is 2.72. The van der Waals surface area contributed by atoms with E-state index in [-0.39, 0.29) is 0 Å². The van der Waals surface area contributed by atoms with E-state index in [1.807, 2.05) is 0 Å². The fraction of sp³-hybridized carbons (Fsp3) is 0.455. The molecule has 12 heavy (non-hydrogen) atoms. The minimum atomic E-state index is 0.965. The molecule has 1 fully saturated rings. The normalized spacial score (nSPS) is 18.4. The molecule has 1 aliphatic rings. The maximum absolute atomic E-state index is 2.26. The topological polar surface area (TPSA) is 0 Å². The third kappa shape index (κ3) is 1.87. The molecule has 63 valence electrons. The summed E-state index contributed by atoms with van der Waals surface area (Å²) in [6, 6.07) is 8.94. The van der Waals surface area contributed by atoms with Gasteiger partial charge in [0.15, 0.2) is 0 Å². The van der Waals surface area contributed by atoms with Crippen molar-refractivity contribution >= 4 is 13.9 Å². The van der Waals surface area contributed by atoms with Crippen LogP contribution < -0.4 is 5.30 Å². The molecule has 2 rings (SSSR count). The molecule has 0 nitrogen and oxygen atoms in total. The van der Waals surface area contributed by atoms with Crippen LogP contribution in [0.1, 0.15) is 24.8 Å². The molecular weight excluding hydrogens is 163 g/mol. The van der Waals surface area contributed by atoms with Gasteiger partial charge in [-0.05, 0) is 39.3 Å². The Kier molecular flexibility index (Phi) is 2.46. The average Bonchev–Trinajstić information content (AvgIpc) is 2.00. The minimum absolute atomic E-state index is 0.965. The molecule has 1 aromatic carbocycles. The van der Waals surface area contributed by atoms with Crippen LogP contribution in [0.4, 0.5) is 0 Å². The molecule has 0 amide bonds. The van der Waals surface area contributed by atoms with Gasteiger partial charge in [0.1, 0.15) is 0 Å². The van der Waals surface area contributed by atoms with Gasteiger partial charge >= 0.3 is 0 Å². The summed E-state index contributed by atoms with van der Waals surface area (Å²) in [4.78, 5) is 0. The Bertz CT molecular complexity index is 246. The molecule has 0 bridgehead atoms. The maximum Gasteiger partial charge on any atom is -0.0127 e. The number of hydrogen-bond donors (Lipinski definition) is 0. The van der Waals surface area contributed by atoms with E-state index in [9.17, 15) is 0 Å². The molecule has 0 unspecified atom stereocenters. The van der Waals surface area contributed by atoms with Crippen molar-refractivity contribution in [3.63, 3.8) is 0 Å². The van der Waals surface area contributed by atoms with Crippen molar-refractivity contribution in [3.8, 4) is 0 Å². The molecule has 1 radical (unpaired) electrons. The van der Waals surface area contributed by atoms with Crippen molar-refractivity contribution in [1.29, 1.82) is 0 Å². The minimum Gasteiger partial charge on any atom is -0.0587 e. The van der Waals surface area contributed by atoms with Gasteiger partial charge in [-0.2, -0.15) is 0 Å². The van der Waals surface area contributed by atoms with Crippen LogP contribution in [0.15, 0.2) is 24.3 Å². The van der Waals surface area contributed by atoms with Crippen LogP contribution >= 0.6 is 8.58 Å². The van der Waals surface area contributed by atoms with E-state index in [0.29, 0.717) is 0 Å². The van der Waals surface area contributed by atoms with Crippen LogP contribution in [-0.4, -0.2) is 5.66 Å². The molecule has 1 heteroatoms. The first-order chi connectivity index (χ1) is 5.84.